The highest BCUT2D eigenvalue weighted by Crippen LogP contribution is 2.31. The third kappa shape index (κ3) is 5.58. The van der Waals surface area contributed by atoms with E-state index in [1.165, 1.54) is 31.4 Å². The number of benzene rings is 2. The number of aromatic nitrogens is 2. The molecule has 0 aliphatic carbocycles. The van der Waals surface area contributed by atoms with Crippen LogP contribution in [0, 0.1) is 5.82 Å². The number of alkyl halides is 3. The van der Waals surface area contributed by atoms with Crippen LogP contribution in [0.25, 0.3) is 5.69 Å². The summed E-state index contributed by atoms with van der Waals surface area (Å²) in [7, 11) is 3.10. The fourth-order valence-corrected chi connectivity index (χ4v) is 4.13. The number of nitrogens with zero attached hydrogens (tertiary/aromatic N) is 3. The van der Waals surface area contributed by atoms with E-state index in [4.69, 9.17) is 4.74 Å². The topological polar surface area (TPSA) is 88.5 Å². The van der Waals surface area contributed by atoms with Crippen molar-refractivity contribution in [3.05, 3.63) is 70.8 Å². The number of amides is 2. The van der Waals surface area contributed by atoms with Crippen molar-refractivity contribution >= 4 is 17.5 Å². The monoisotopic (exact) mass is 519 g/mol. The number of ether oxygens (including phenoxy) is 1. The molecule has 8 nitrogen and oxygen atoms in total. The van der Waals surface area contributed by atoms with Gasteiger partial charge in [0.05, 0.1) is 18.5 Å². The van der Waals surface area contributed by atoms with Crippen LogP contribution < -0.4 is 15.4 Å². The first-order valence-electron chi connectivity index (χ1n) is 11.5. The predicted octanol–water partition coefficient (Wildman–Crippen LogP) is 4.25. The number of nitrogens with one attached hydrogen (secondary N) is 2. The number of carbonyl (C=O) groups is 2. The highest BCUT2D eigenvalue weighted by Gasteiger charge is 2.36. The summed E-state index contributed by atoms with van der Waals surface area (Å²) in [4.78, 5) is 27.2. The molecule has 0 atom stereocenters. The zero-order valence-electron chi connectivity index (χ0n) is 20.2. The molecule has 4 rings (SSSR count). The Balaban J connectivity index is 1.68. The van der Waals surface area contributed by atoms with Gasteiger partial charge in [-0.05, 0) is 61.9 Å². The molecule has 0 spiro atoms. The minimum absolute atomic E-state index is 0.122. The zero-order chi connectivity index (χ0) is 26.7. The van der Waals surface area contributed by atoms with E-state index in [1.807, 2.05) is 0 Å². The van der Waals surface area contributed by atoms with Gasteiger partial charge in [-0.3, -0.25) is 9.59 Å². The van der Waals surface area contributed by atoms with Crippen LogP contribution in [-0.2, 0) is 12.7 Å². The lowest BCUT2D eigenvalue weighted by Gasteiger charge is -2.16. The van der Waals surface area contributed by atoms with Gasteiger partial charge < -0.3 is 20.3 Å². The van der Waals surface area contributed by atoms with Gasteiger partial charge in [-0.1, -0.05) is 0 Å². The molecule has 2 N–H and O–H groups in total. The maximum absolute atomic E-state index is 14.8. The van der Waals surface area contributed by atoms with Crippen LogP contribution >= 0.6 is 0 Å². The molecule has 0 saturated carbocycles. The van der Waals surface area contributed by atoms with Gasteiger partial charge in [0.1, 0.15) is 17.3 Å². The lowest BCUT2D eigenvalue weighted by Crippen LogP contribution is -2.27. The molecule has 12 heteroatoms. The van der Waals surface area contributed by atoms with Crippen molar-refractivity contribution in [1.82, 2.24) is 20.0 Å². The van der Waals surface area contributed by atoms with E-state index in [1.54, 1.807) is 18.0 Å². The quantitative estimate of drug-likeness (QED) is 0.456. The summed E-state index contributed by atoms with van der Waals surface area (Å²) >= 11 is 0. The summed E-state index contributed by atoms with van der Waals surface area (Å²) in [6.45, 7) is 1.42. The Morgan fingerprint density at radius 3 is 2.43 bits per heavy atom. The van der Waals surface area contributed by atoms with E-state index in [0.717, 1.165) is 23.6 Å². The van der Waals surface area contributed by atoms with E-state index in [9.17, 15) is 27.2 Å². The molecule has 37 heavy (non-hydrogen) atoms. The minimum atomic E-state index is -4.82. The van der Waals surface area contributed by atoms with E-state index in [0.29, 0.717) is 30.5 Å². The molecule has 2 aromatic carbocycles. The molecular weight excluding hydrogens is 494 g/mol. The Kier molecular flexibility index (Phi) is 7.48. The first-order valence-corrected chi connectivity index (χ1v) is 11.5. The SMILES string of the molecule is CNCc1cc(OC)ccc1-n1nc(C(F)(F)F)cc1C(=O)Nc1ccc(C(=O)N2CCCC2)cc1F. The second-order valence-corrected chi connectivity index (χ2v) is 8.50. The number of likely N-dealkylation sites (tertiary alicyclic amines) is 1. The Morgan fingerprint density at radius 1 is 1.08 bits per heavy atom. The Morgan fingerprint density at radius 2 is 1.81 bits per heavy atom. The largest absolute Gasteiger partial charge is 0.497 e. The maximum Gasteiger partial charge on any atom is 0.435 e. The van der Waals surface area contributed by atoms with Gasteiger partial charge in [0.15, 0.2) is 5.69 Å². The molecule has 1 aromatic heterocycles. The lowest BCUT2D eigenvalue weighted by molar-refractivity contribution is -0.141. The van der Waals surface area contributed by atoms with Crippen LogP contribution in [0.4, 0.5) is 23.2 Å². The van der Waals surface area contributed by atoms with Gasteiger partial charge in [-0.15, -0.1) is 0 Å². The van der Waals surface area contributed by atoms with Crippen LogP contribution in [0.5, 0.6) is 5.75 Å². The summed E-state index contributed by atoms with van der Waals surface area (Å²) in [5.41, 5.74) is -1.17. The molecule has 1 saturated heterocycles. The predicted molar refractivity (Wildman–Crippen MR) is 127 cm³/mol. The highest BCUT2D eigenvalue weighted by atomic mass is 19.4. The van der Waals surface area contributed by atoms with E-state index >= 15 is 0 Å². The first kappa shape index (κ1) is 26.1. The summed E-state index contributed by atoms with van der Waals surface area (Å²) < 4.78 is 61.5. The van der Waals surface area contributed by atoms with Crippen LogP contribution in [0.3, 0.4) is 0 Å². The van der Waals surface area contributed by atoms with Crippen LogP contribution in [-0.4, -0.2) is 53.7 Å². The van der Waals surface area contributed by atoms with Crippen LogP contribution in [0.2, 0.25) is 0 Å². The molecule has 196 valence electrons. The van der Waals surface area contributed by atoms with Crippen molar-refractivity contribution in [3.63, 3.8) is 0 Å². The van der Waals surface area contributed by atoms with Crippen LogP contribution in [0.1, 0.15) is 44.9 Å². The third-order valence-electron chi connectivity index (χ3n) is 5.97. The fourth-order valence-electron chi connectivity index (χ4n) is 4.13. The van der Waals surface area contributed by atoms with Crippen molar-refractivity contribution in [2.45, 2.75) is 25.6 Å². The Bertz CT molecular complexity index is 1320. The van der Waals surface area contributed by atoms with Gasteiger partial charge in [0.2, 0.25) is 0 Å². The van der Waals surface area contributed by atoms with Crippen molar-refractivity contribution in [2.24, 2.45) is 0 Å². The number of hydrogen-bond donors (Lipinski definition) is 2. The average molecular weight is 519 g/mol. The Hall–Kier alpha value is -3.93. The molecular formula is C25H25F4N5O3. The molecule has 2 amide bonds. The van der Waals surface area contributed by atoms with Gasteiger partial charge in [-0.25, -0.2) is 9.07 Å². The molecule has 1 aliphatic rings. The van der Waals surface area contributed by atoms with Crippen molar-refractivity contribution in [3.8, 4) is 11.4 Å². The van der Waals surface area contributed by atoms with Gasteiger partial charge in [0.25, 0.3) is 11.8 Å². The normalized spacial score (nSPS) is 13.6. The molecule has 0 radical (unpaired) electrons. The van der Waals surface area contributed by atoms with Crippen molar-refractivity contribution in [2.75, 3.05) is 32.6 Å². The number of rotatable bonds is 7. The molecule has 1 fully saturated rings. The highest BCUT2D eigenvalue weighted by molar-refractivity contribution is 6.04. The summed E-state index contributed by atoms with van der Waals surface area (Å²) in [5, 5.41) is 8.85. The zero-order valence-corrected chi connectivity index (χ0v) is 20.2. The molecule has 0 unspecified atom stereocenters. The van der Waals surface area contributed by atoms with Crippen molar-refractivity contribution in [1.29, 1.82) is 0 Å². The summed E-state index contributed by atoms with van der Waals surface area (Å²) in [6, 6.07) is 8.80. The number of hydrogen-bond acceptors (Lipinski definition) is 5. The second kappa shape index (κ2) is 10.6. The van der Waals surface area contributed by atoms with Gasteiger partial charge in [-0.2, -0.15) is 18.3 Å². The average Bonchev–Trinajstić information content (AvgIpc) is 3.55. The Labute approximate surface area is 210 Å². The van der Waals surface area contributed by atoms with Gasteiger partial charge >= 0.3 is 6.18 Å². The van der Waals surface area contributed by atoms with Crippen LogP contribution in [0.15, 0.2) is 42.5 Å². The molecule has 0 bridgehead atoms. The fraction of sp³-hybridized carbons (Fsp3) is 0.320. The number of methoxy groups -OCH3 is 1. The first-order chi connectivity index (χ1) is 17.6. The number of carbonyl (C=O) groups excluding carboxylic acids is 2. The lowest BCUT2D eigenvalue weighted by atomic mass is 10.1. The van der Waals surface area contributed by atoms with Gasteiger partial charge in [0, 0.05) is 31.3 Å². The van der Waals surface area contributed by atoms with Crippen molar-refractivity contribution < 1.29 is 31.9 Å². The van der Waals surface area contributed by atoms with E-state index < -0.39 is 29.3 Å². The smallest absolute Gasteiger partial charge is 0.435 e. The number of halogens is 4. The standard InChI is InChI=1S/C25H25F4N5O3/c1-30-14-16-11-17(37-2)6-8-20(16)34-21(13-22(32-34)25(27,28)29)23(35)31-19-7-5-15(12-18(19)26)24(36)33-9-3-4-10-33/h5-8,11-13,30H,3-4,9-10,14H2,1-2H3,(H,31,35). The maximum atomic E-state index is 14.8. The summed E-state index contributed by atoms with van der Waals surface area (Å²) in [6.07, 6.45) is -3.07. The molecule has 2 heterocycles. The summed E-state index contributed by atoms with van der Waals surface area (Å²) in [5.74, 6) is -1.75. The minimum Gasteiger partial charge on any atom is -0.497 e. The number of anilines is 1. The molecule has 1 aliphatic heterocycles. The van der Waals surface area contributed by atoms with E-state index in [-0.39, 0.29) is 29.4 Å². The third-order valence-corrected chi connectivity index (χ3v) is 5.97. The molecule has 3 aromatic rings. The second-order valence-electron chi connectivity index (χ2n) is 8.50. The van der Waals surface area contributed by atoms with E-state index in [2.05, 4.69) is 15.7 Å².